The lowest BCUT2D eigenvalue weighted by Crippen LogP contribution is -2.48. The van der Waals surface area contributed by atoms with Crippen LogP contribution in [0.1, 0.15) is 27.2 Å². The van der Waals surface area contributed by atoms with E-state index in [9.17, 15) is 4.79 Å². The zero-order chi connectivity index (χ0) is 22.7. The summed E-state index contributed by atoms with van der Waals surface area (Å²) in [5, 5.41) is 5.53. The van der Waals surface area contributed by atoms with Crippen LogP contribution in [0.3, 0.4) is 0 Å². The standard InChI is InChI=1S/C24H26Cl2N4O2/c1-17-11-18(2)13-20(12-17)32-16-30-6-5-23(27-30)24(31)29-9-7-28(8-10-29)15-19-3-4-21(25)22(26)14-19/h3-6,11-14H,7-10,15-16H2,1-2H3. The number of carbonyl (C=O) groups excluding carboxylic acids is 1. The van der Waals surface area contributed by atoms with Gasteiger partial charge in [0.25, 0.3) is 5.91 Å². The number of aromatic nitrogens is 2. The quantitative estimate of drug-likeness (QED) is 0.516. The molecule has 0 bridgehead atoms. The SMILES string of the molecule is Cc1cc(C)cc(OCn2ccc(C(=O)N3CCN(Cc4ccc(Cl)c(Cl)c4)CC3)n2)c1. The van der Waals surface area contributed by atoms with E-state index in [2.05, 4.69) is 16.1 Å². The number of ether oxygens (including phenoxy) is 1. The molecule has 32 heavy (non-hydrogen) atoms. The molecule has 4 rings (SSSR count). The first-order valence-corrected chi connectivity index (χ1v) is 11.3. The second-order valence-electron chi connectivity index (χ2n) is 8.15. The molecule has 1 aliphatic heterocycles. The van der Waals surface area contributed by atoms with Crippen LogP contribution in [-0.2, 0) is 13.3 Å². The molecule has 0 N–H and O–H groups in total. The Hall–Kier alpha value is -2.54. The predicted molar refractivity (Wildman–Crippen MR) is 126 cm³/mol. The Morgan fingerprint density at radius 3 is 2.38 bits per heavy atom. The third kappa shape index (κ3) is 5.63. The molecule has 0 aliphatic carbocycles. The van der Waals surface area contributed by atoms with Gasteiger partial charge >= 0.3 is 0 Å². The Bertz CT molecular complexity index is 1090. The van der Waals surface area contributed by atoms with E-state index in [-0.39, 0.29) is 12.6 Å². The van der Waals surface area contributed by atoms with E-state index in [1.807, 2.05) is 49.1 Å². The Morgan fingerprint density at radius 1 is 0.969 bits per heavy atom. The number of rotatable bonds is 6. The summed E-state index contributed by atoms with van der Waals surface area (Å²) in [6.07, 6.45) is 1.77. The highest BCUT2D eigenvalue weighted by molar-refractivity contribution is 6.42. The largest absolute Gasteiger partial charge is 0.471 e. The molecule has 2 aromatic carbocycles. The van der Waals surface area contributed by atoms with Crippen molar-refractivity contribution in [1.82, 2.24) is 19.6 Å². The Balaban J connectivity index is 1.28. The van der Waals surface area contributed by atoms with Gasteiger partial charge in [-0.3, -0.25) is 9.69 Å². The molecule has 6 nitrogen and oxygen atoms in total. The number of benzene rings is 2. The van der Waals surface area contributed by atoms with Gasteiger partial charge in [0, 0.05) is 38.9 Å². The van der Waals surface area contributed by atoms with Crippen molar-refractivity contribution in [1.29, 1.82) is 0 Å². The summed E-state index contributed by atoms with van der Waals surface area (Å²) < 4.78 is 7.47. The normalized spacial score (nSPS) is 14.6. The molecule has 1 fully saturated rings. The number of hydrogen-bond donors (Lipinski definition) is 0. The molecule has 0 spiro atoms. The van der Waals surface area contributed by atoms with E-state index in [0.717, 1.165) is 42.1 Å². The highest BCUT2D eigenvalue weighted by Crippen LogP contribution is 2.23. The van der Waals surface area contributed by atoms with Gasteiger partial charge in [-0.25, -0.2) is 4.68 Å². The van der Waals surface area contributed by atoms with Crippen molar-refractivity contribution in [2.24, 2.45) is 0 Å². The Morgan fingerprint density at radius 2 is 1.69 bits per heavy atom. The number of amides is 1. The van der Waals surface area contributed by atoms with Crippen LogP contribution in [0.4, 0.5) is 0 Å². The Labute approximate surface area is 198 Å². The maximum atomic E-state index is 12.9. The van der Waals surface area contributed by atoms with E-state index >= 15 is 0 Å². The fourth-order valence-corrected chi connectivity index (χ4v) is 4.19. The lowest BCUT2D eigenvalue weighted by Gasteiger charge is -2.34. The van der Waals surface area contributed by atoms with Crippen LogP contribution in [0.15, 0.2) is 48.7 Å². The summed E-state index contributed by atoms with van der Waals surface area (Å²) >= 11 is 12.1. The van der Waals surface area contributed by atoms with Crippen molar-refractivity contribution >= 4 is 29.1 Å². The monoisotopic (exact) mass is 472 g/mol. The number of hydrogen-bond acceptors (Lipinski definition) is 4. The third-order valence-electron chi connectivity index (χ3n) is 5.47. The van der Waals surface area contributed by atoms with Crippen LogP contribution in [0.25, 0.3) is 0 Å². The molecule has 3 aromatic rings. The molecule has 1 amide bonds. The van der Waals surface area contributed by atoms with Crippen molar-refractivity contribution in [3.63, 3.8) is 0 Å². The van der Waals surface area contributed by atoms with Gasteiger partial charge in [-0.2, -0.15) is 5.10 Å². The summed E-state index contributed by atoms with van der Waals surface area (Å²) in [5.74, 6) is 0.744. The molecule has 2 heterocycles. The van der Waals surface area contributed by atoms with E-state index < -0.39 is 0 Å². The van der Waals surface area contributed by atoms with Crippen molar-refractivity contribution in [2.45, 2.75) is 27.1 Å². The smallest absolute Gasteiger partial charge is 0.274 e. The summed E-state index contributed by atoms with van der Waals surface area (Å²) in [4.78, 5) is 17.0. The highest BCUT2D eigenvalue weighted by Gasteiger charge is 2.24. The minimum Gasteiger partial charge on any atom is -0.471 e. The van der Waals surface area contributed by atoms with Crippen LogP contribution in [-0.4, -0.2) is 51.7 Å². The van der Waals surface area contributed by atoms with E-state index in [1.165, 1.54) is 0 Å². The van der Waals surface area contributed by atoms with Gasteiger partial charge in [0.05, 0.1) is 10.0 Å². The van der Waals surface area contributed by atoms with Gasteiger partial charge < -0.3 is 9.64 Å². The maximum absolute atomic E-state index is 12.9. The maximum Gasteiger partial charge on any atom is 0.274 e. The number of aryl methyl sites for hydroxylation is 2. The van der Waals surface area contributed by atoms with Crippen LogP contribution < -0.4 is 4.74 Å². The minimum absolute atomic E-state index is 0.0515. The highest BCUT2D eigenvalue weighted by atomic mass is 35.5. The van der Waals surface area contributed by atoms with Gasteiger partial charge in [-0.15, -0.1) is 0 Å². The predicted octanol–water partition coefficient (Wildman–Crippen LogP) is 4.80. The van der Waals surface area contributed by atoms with E-state index in [4.69, 9.17) is 27.9 Å². The van der Waals surface area contributed by atoms with Gasteiger partial charge in [-0.1, -0.05) is 35.3 Å². The number of carbonyl (C=O) groups is 1. The van der Waals surface area contributed by atoms with Crippen LogP contribution in [0.5, 0.6) is 5.75 Å². The van der Waals surface area contributed by atoms with Crippen LogP contribution in [0.2, 0.25) is 10.0 Å². The summed E-state index contributed by atoms with van der Waals surface area (Å²) in [5.41, 5.74) is 3.85. The third-order valence-corrected chi connectivity index (χ3v) is 6.21. The van der Waals surface area contributed by atoms with Gasteiger partial charge in [-0.05, 0) is 60.9 Å². The molecular formula is C24H26Cl2N4O2. The molecule has 1 aromatic heterocycles. The molecule has 8 heteroatoms. The summed E-state index contributed by atoms with van der Waals surface area (Å²) in [7, 11) is 0. The molecule has 0 radical (unpaired) electrons. The van der Waals surface area contributed by atoms with Crippen LogP contribution in [0, 0.1) is 13.8 Å². The molecule has 1 aliphatic rings. The Kier molecular flexibility index (Phi) is 7.04. The molecule has 0 unspecified atom stereocenters. The zero-order valence-electron chi connectivity index (χ0n) is 18.2. The molecule has 1 saturated heterocycles. The molecule has 168 valence electrons. The van der Waals surface area contributed by atoms with E-state index in [0.29, 0.717) is 28.8 Å². The first-order valence-electron chi connectivity index (χ1n) is 10.6. The first-order chi connectivity index (χ1) is 15.4. The second kappa shape index (κ2) is 9.94. The first kappa shape index (κ1) is 22.6. The van der Waals surface area contributed by atoms with Crippen LogP contribution >= 0.6 is 23.2 Å². The molecule has 0 atom stereocenters. The fourth-order valence-electron chi connectivity index (χ4n) is 3.87. The van der Waals surface area contributed by atoms with E-state index in [1.54, 1.807) is 16.9 Å². The lowest BCUT2D eigenvalue weighted by molar-refractivity contribution is 0.0621. The topological polar surface area (TPSA) is 50.6 Å². The average molecular weight is 473 g/mol. The van der Waals surface area contributed by atoms with Gasteiger partial charge in [0.15, 0.2) is 12.4 Å². The van der Waals surface area contributed by atoms with Gasteiger partial charge in [0.1, 0.15) is 5.75 Å². The number of piperazine rings is 1. The van der Waals surface area contributed by atoms with Crippen molar-refractivity contribution in [2.75, 3.05) is 26.2 Å². The van der Waals surface area contributed by atoms with Crippen molar-refractivity contribution in [3.05, 3.63) is 81.1 Å². The minimum atomic E-state index is -0.0515. The van der Waals surface area contributed by atoms with Gasteiger partial charge in [0.2, 0.25) is 0 Å². The van der Waals surface area contributed by atoms with Crippen molar-refractivity contribution in [3.8, 4) is 5.75 Å². The van der Waals surface area contributed by atoms with Crippen molar-refractivity contribution < 1.29 is 9.53 Å². The number of halogens is 2. The number of nitrogens with zero attached hydrogens (tertiary/aromatic N) is 4. The zero-order valence-corrected chi connectivity index (χ0v) is 19.7. The average Bonchev–Trinajstić information content (AvgIpc) is 3.23. The summed E-state index contributed by atoms with van der Waals surface area (Å²) in [6, 6.07) is 13.5. The molecule has 0 saturated carbocycles. The fraction of sp³-hybridized carbons (Fsp3) is 0.333. The second-order valence-corrected chi connectivity index (χ2v) is 8.97. The lowest BCUT2D eigenvalue weighted by atomic mass is 10.1. The molecular weight excluding hydrogens is 447 g/mol. The summed E-state index contributed by atoms with van der Waals surface area (Å²) in [6.45, 7) is 8.02.